The molecule has 1 aliphatic heterocycles. The number of anilines is 1. The summed E-state index contributed by atoms with van der Waals surface area (Å²) < 4.78 is 37.1. The first-order chi connectivity index (χ1) is 14.3. The average Bonchev–Trinajstić information content (AvgIpc) is 2.73. The third kappa shape index (κ3) is 4.53. The maximum atomic E-state index is 12.9. The van der Waals surface area contributed by atoms with E-state index in [2.05, 4.69) is 5.32 Å². The minimum absolute atomic E-state index is 0.134. The topological polar surface area (TPSA) is 84.9 Å². The lowest BCUT2D eigenvalue weighted by atomic mass is 10.0. The molecule has 0 radical (unpaired) electrons. The van der Waals surface area contributed by atoms with E-state index in [-0.39, 0.29) is 17.7 Å². The Hall–Kier alpha value is -2.74. The molecular weight excluding hydrogens is 404 g/mol. The summed E-state index contributed by atoms with van der Waals surface area (Å²) in [5.41, 5.74) is 2.58. The van der Waals surface area contributed by atoms with Crippen molar-refractivity contribution >= 4 is 21.6 Å². The molecule has 2 aromatic rings. The molecule has 2 aromatic carbocycles. The number of nitrogens with zero attached hydrogens (tertiary/aromatic N) is 1. The van der Waals surface area contributed by atoms with Crippen LogP contribution in [0.15, 0.2) is 36.4 Å². The molecule has 0 bridgehead atoms. The number of amides is 1. The number of hydrogen-bond donors (Lipinski definition) is 1. The molecule has 0 spiro atoms. The van der Waals surface area contributed by atoms with E-state index >= 15 is 0 Å². The van der Waals surface area contributed by atoms with Crippen LogP contribution in [0.2, 0.25) is 0 Å². The van der Waals surface area contributed by atoms with Gasteiger partial charge in [0.1, 0.15) is 11.5 Å². The van der Waals surface area contributed by atoms with Gasteiger partial charge in [0, 0.05) is 17.7 Å². The van der Waals surface area contributed by atoms with E-state index in [0.29, 0.717) is 35.7 Å². The molecule has 1 heterocycles. The highest BCUT2D eigenvalue weighted by molar-refractivity contribution is 7.92. The number of sulfonamides is 1. The maximum Gasteiger partial charge on any atom is 0.251 e. The molecule has 0 aromatic heterocycles. The lowest BCUT2D eigenvalue weighted by Gasteiger charge is -2.30. The van der Waals surface area contributed by atoms with Crippen LogP contribution in [-0.4, -0.2) is 40.8 Å². The summed E-state index contributed by atoms with van der Waals surface area (Å²) in [7, 11) is -0.198. The summed E-state index contributed by atoms with van der Waals surface area (Å²) in [6.45, 7) is 4.15. The zero-order valence-electron chi connectivity index (χ0n) is 17.8. The molecule has 1 amide bonds. The van der Waals surface area contributed by atoms with Gasteiger partial charge in [0.2, 0.25) is 10.0 Å². The number of rotatable bonds is 6. The van der Waals surface area contributed by atoms with Crippen LogP contribution < -0.4 is 19.1 Å². The second-order valence-electron chi connectivity index (χ2n) is 7.40. The van der Waals surface area contributed by atoms with Gasteiger partial charge in [0.15, 0.2) is 0 Å². The molecule has 1 aliphatic rings. The Labute approximate surface area is 178 Å². The lowest BCUT2D eigenvalue weighted by Crippen LogP contribution is -2.38. The highest BCUT2D eigenvalue weighted by Gasteiger charge is 2.28. The molecule has 1 N–H and O–H groups in total. The second-order valence-corrected chi connectivity index (χ2v) is 9.41. The van der Waals surface area contributed by atoms with Crippen molar-refractivity contribution in [3.05, 3.63) is 53.1 Å². The highest BCUT2D eigenvalue weighted by atomic mass is 32.2. The van der Waals surface area contributed by atoms with Crippen LogP contribution in [0.4, 0.5) is 5.69 Å². The average molecular weight is 433 g/mol. The van der Waals surface area contributed by atoms with Crippen molar-refractivity contribution in [2.24, 2.45) is 0 Å². The first-order valence-corrected chi connectivity index (χ1v) is 11.5. The lowest BCUT2D eigenvalue weighted by molar-refractivity contribution is 0.0939. The summed E-state index contributed by atoms with van der Waals surface area (Å²) in [6.07, 6.45) is 1.47. The van der Waals surface area contributed by atoms with Gasteiger partial charge in [-0.25, -0.2) is 8.42 Å². The van der Waals surface area contributed by atoms with Crippen LogP contribution in [0, 0.1) is 6.92 Å². The quantitative estimate of drug-likeness (QED) is 0.756. The number of hydrogen-bond acceptors (Lipinski definition) is 5. The molecule has 0 saturated carbocycles. The molecule has 7 nitrogen and oxygen atoms in total. The number of aryl methyl sites for hydroxylation is 1. The number of nitrogens with one attached hydrogen (secondary N) is 1. The van der Waals surface area contributed by atoms with Crippen molar-refractivity contribution in [1.82, 2.24) is 5.32 Å². The molecule has 1 atom stereocenters. The summed E-state index contributed by atoms with van der Waals surface area (Å²) in [4.78, 5) is 12.9. The number of methoxy groups -OCH3 is 2. The van der Waals surface area contributed by atoms with Crippen molar-refractivity contribution in [3.8, 4) is 11.5 Å². The van der Waals surface area contributed by atoms with Crippen molar-refractivity contribution in [3.63, 3.8) is 0 Å². The Bertz CT molecular complexity index is 1040. The minimum atomic E-state index is -3.35. The van der Waals surface area contributed by atoms with Gasteiger partial charge in [-0.3, -0.25) is 9.10 Å². The zero-order valence-corrected chi connectivity index (χ0v) is 18.6. The van der Waals surface area contributed by atoms with Gasteiger partial charge in [-0.05, 0) is 62.6 Å². The van der Waals surface area contributed by atoms with Crippen LogP contribution in [0.1, 0.15) is 47.3 Å². The normalized spacial score (nSPS) is 16.6. The Balaban J connectivity index is 1.86. The Morgan fingerprint density at radius 1 is 1.10 bits per heavy atom. The van der Waals surface area contributed by atoms with Gasteiger partial charge >= 0.3 is 0 Å². The second kappa shape index (κ2) is 8.95. The van der Waals surface area contributed by atoms with Gasteiger partial charge in [0.25, 0.3) is 5.91 Å². The highest BCUT2D eigenvalue weighted by Crippen LogP contribution is 2.31. The molecular formula is C22H28N2O5S. The minimum Gasteiger partial charge on any atom is -0.497 e. The summed E-state index contributed by atoms with van der Waals surface area (Å²) in [6, 6.07) is 10.2. The van der Waals surface area contributed by atoms with E-state index in [1.165, 1.54) is 4.31 Å². The van der Waals surface area contributed by atoms with Crippen LogP contribution in [0.3, 0.4) is 0 Å². The summed E-state index contributed by atoms with van der Waals surface area (Å²) in [5.74, 6) is 1.16. The van der Waals surface area contributed by atoms with E-state index < -0.39 is 10.0 Å². The molecule has 8 heteroatoms. The molecule has 1 unspecified atom stereocenters. The van der Waals surface area contributed by atoms with Gasteiger partial charge in [0.05, 0.1) is 31.7 Å². The molecule has 30 heavy (non-hydrogen) atoms. The predicted molar refractivity (Wildman–Crippen MR) is 117 cm³/mol. The first kappa shape index (κ1) is 22.0. The Morgan fingerprint density at radius 2 is 1.87 bits per heavy atom. The van der Waals surface area contributed by atoms with Gasteiger partial charge in [-0.2, -0.15) is 0 Å². The predicted octanol–water partition coefficient (Wildman–Crippen LogP) is 3.43. The molecule has 162 valence electrons. The number of benzene rings is 2. The number of ether oxygens (including phenoxy) is 2. The number of carbonyl (C=O) groups is 1. The van der Waals surface area contributed by atoms with Crippen LogP contribution in [0.5, 0.6) is 11.5 Å². The largest absolute Gasteiger partial charge is 0.497 e. The van der Waals surface area contributed by atoms with E-state index in [0.717, 1.165) is 17.5 Å². The van der Waals surface area contributed by atoms with Crippen LogP contribution >= 0.6 is 0 Å². The van der Waals surface area contributed by atoms with Gasteiger partial charge < -0.3 is 14.8 Å². The summed E-state index contributed by atoms with van der Waals surface area (Å²) >= 11 is 0. The monoisotopic (exact) mass is 432 g/mol. The number of carbonyl (C=O) groups excluding carboxylic acids is 1. The smallest absolute Gasteiger partial charge is 0.251 e. The van der Waals surface area contributed by atoms with E-state index in [1.54, 1.807) is 44.6 Å². The van der Waals surface area contributed by atoms with Crippen molar-refractivity contribution < 1.29 is 22.7 Å². The fourth-order valence-electron chi connectivity index (χ4n) is 3.61. The van der Waals surface area contributed by atoms with Crippen LogP contribution in [0.25, 0.3) is 0 Å². The van der Waals surface area contributed by atoms with E-state index in [4.69, 9.17) is 9.47 Å². The molecule has 1 saturated heterocycles. The van der Waals surface area contributed by atoms with E-state index in [9.17, 15) is 13.2 Å². The SMILES string of the molecule is COc1ccc(OC)c(C(C)NC(=O)c2ccc(C)c(N3CCCCS3(=O)=O)c2)c1. The van der Waals surface area contributed by atoms with Gasteiger partial charge in [-0.15, -0.1) is 0 Å². The third-order valence-electron chi connectivity index (χ3n) is 5.34. The first-order valence-electron chi connectivity index (χ1n) is 9.90. The zero-order chi connectivity index (χ0) is 21.9. The standard InChI is InChI=1S/C22H28N2O5S/c1-15-7-8-17(13-20(15)24-11-5-6-12-30(24,26)27)22(25)23-16(2)19-14-18(28-3)9-10-21(19)29-4/h7-10,13-14,16H,5-6,11-12H2,1-4H3,(H,23,25). The maximum absolute atomic E-state index is 12.9. The van der Waals surface area contributed by atoms with Crippen molar-refractivity contribution in [2.75, 3.05) is 30.8 Å². The Morgan fingerprint density at radius 3 is 2.53 bits per heavy atom. The summed E-state index contributed by atoms with van der Waals surface area (Å²) in [5, 5.41) is 2.97. The molecule has 1 fully saturated rings. The third-order valence-corrected chi connectivity index (χ3v) is 7.20. The van der Waals surface area contributed by atoms with Crippen molar-refractivity contribution in [1.29, 1.82) is 0 Å². The van der Waals surface area contributed by atoms with Crippen LogP contribution in [-0.2, 0) is 10.0 Å². The van der Waals surface area contributed by atoms with E-state index in [1.807, 2.05) is 19.9 Å². The van der Waals surface area contributed by atoms with Gasteiger partial charge in [-0.1, -0.05) is 6.07 Å². The van der Waals surface area contributed by atoms with Crippen molar-refractivity contribution in [2.45, 2.75) is 32.7 Å². The molecule has 3 rings (SSSR count). The fourth-order valence-corrected chi connectivity index (χ4v) is 5.31. The molecule has 0 aliphatic carbocycles. The Kier molecular flexibility index (Phi) is 6.55. The fraction of sp³-hybridized carbons (Fsp3) is 0.409.